The fourth-order valence-electron chi connectivity index (χ4n) is 2.46. The summed E-state index contributed by atoms with van der Waals surface area (Å²) < 4.78 is 10.2. The van der Waals surface area contributed by atoms with E-state index in [1.807, 2.05) is 0 Å². The van der Waals surface area contributed by atoms with Gasteiger partial charge in [-0.3, -0.25) is 4.79 Å². The van der Waals surface area contributed by atoms with Crippen molar-refractivity contribution in [2.45, 2.75) is 12.8 Å². The van der Waals surface area contributed by atoms with E-state index in [2.05, 4.69) is 5.92 Å². The molecule has 0 aromatic heterocycles. The second kappa shape index (κ2) is 6.40. The molecule has 0 radical (unpaired) electrons. The highest BCUT2D eigenvalue weighted by molar-refractivity contribution is 5.79. The van der Waals surface area contributed by atoms with Crippen molar-refractivity contribution in [1.82, 2.24) is 4.90 Å². The van der Waals surface area contributed by atoms with Gasteiger partial charge in [0.15, 0.2) is 11.5 Å². The summed E-state index contributed by atoms with van der Waals surface area (Å²) in [7, 11) is 2.97. The Morgan fingerprint density at radius 1 is 1.38 bits per heavy atom. The van der Waals surface area contributed by atoms with Gasteiger partial charge in [0.05, 0.1) is 14.2 Å². The number of phenolic OH excluding ortho intramolecular Hbond substituents is 1. The number of hydrogen-bond donors (Lipinski definition) is 1. The third kappa shape index (κ3) is 3.22. The van der Waals surface area contributed by atoms with Gasteiger partial charge >= 0.3 is 0 Å². The van der Waals surface area contributed by atoms with Gasteiger partial charge < -0.3 is 19.5 Å². The zero-order valence-corrected chi connectivity index (χ0v) is 12.3. The Balaban J connectivity index is 2.07. The minimum absolute atomic E-state index is 0.0152. The van der Waals surface area contributed by atoms with E-state index in [4.69, 9.17) is 15.9 Å². The topological polar surface area (TPSA) is 59.0 Å². The Morgan fingerprint density at radius 3 is 2.48 bits per heavy atom. The fourth-order valence-corrected chi connectivity index (χ4v) is 2.46. The normalized spacial score (nSPS) is 17.7. The predicted octanol–water partition coefficient (Wildman–Crippen LogP) is 1.43. The second-order valence-corrected chi connectivity index (χ2v) is 5.01. The first-order valence-corrected chi connectivity index (χ1v) is 6.76. The highest BCUT2D eigenvalue weighted by Crippen LogP contribution is 2.37. The molecule has 1 heterocycles. The van der Waals surface area contributed by atoms with Crippen LogP contribution in [0, 0.1) is 18.3 Å². The highest BCUT2D eigenvalue weighted by Gasteiger charge is 2.27. The van der Waals surface area contributed by atoms with Gasteiger partial charge in [-0.05, 0) is 24.1 Å². The first kappa shape index (κ1) is 15.0. The predicted molar refractivity (Wildman–Crippen MR) is 78.4 cm³/mol. The number of carbonyl (C=O) groups excluding carboxylic acids is 1. The minimum atomic E-state index is -0.0200. The van der Waals surface area contributed by atoms with Crippen LogP contribution in [-0.2, 0) is 11.2 Å². The van der Waals surface area contributed by atoms with Gasteiger partial charge in [-0.25, -0.2) is 0 Å². The number of terminal acetylenes is 1. The maximum atomic E-state index is 11.8. The molecule has 1 atom stereocenters. The molecule has 1 aromatic rings. The third-order valence-corrected chi connectivity index (χ3v) is 3.66. The van der Waals surface area contributed by atoms with Gasteiger partial charge in [-0.1, -0.05) is 0 Å². The van der Waals surface area contributed by atoms with E-state index in [-0.39, 0.29) is 17.6 Å². The monoisotopic (exact) mass is 289 g/mol. The molecule has 1 fully saturated rings. The molecular formula is C16H19NO4. The number of benzene rings is 1. The number of aromatic hydroxyl groups is 1. The zero-order valence-electron chi connectivity index (χ0n) is 12.3. The summed E-state index contributed by atoms with van der Waals surface area (Å²) in [6, 6.07) is 3.49. The molecule has 1 N–H and O–H groups in total. The lowest BCUT2D eigenvalue weighted by atomic mass is 10.1. The molecular weight excluding hydrogens is 270 g/mol. The van der Waals surface area contributed by atoms with E-state index in [0.29, 0.717) is 37.4 Å². The minimum Gasteiger partial charge on any atom is -0.502 e. The average molecular weight is 289 g/mol. The van der Waals surface area contributed by atoms with E-state index in [1.54, 1.807) is 17.0 Å². The number of methoxy groups -OCH3 is 2. The molecule has 0 spiro atoms. The van der Waals surface area contributed by atoms with Crippen LogP contribution in [-0.4, -0.2) is 43.2 Å². The molecule has 0 saturated carbocycles. The molecule has 5 nitrogen and oxygen atoms in total. The number of likely N-dealkylation sites (tertiary alicyclic amines) is 1. The van der Waals surface area contributed by atoms with Crippen molar-refractivity contribution in [3.8, 4) is 29.6 Å². The highest BCUT2D eigenvalue weighted by atomic mass is 16.5. The van der Waals surface area contributed by atoms with Gasteiger partial charge in [0.2, 0.25) is 11.7 Å². The van der Waals surface area contributed by atoms with E-state index in [1.165, 1.54) is 14.2 Å². The number of carbonyl (C=O) groups is 1. The van der Waals surface area contributed by atoms with Gasteiger partial charge in [-0.15, -0.1) is 12.3 Å². The summed E-state index contributed by atoms with van der Waals surface area (Å²) in [6.45, 7) is 1.20. The lowest BCUT2D eigenvalue weighted by molar-refractivity contribution is -0.127. The van der Waals surface area contributed by atoms with Crippen molar-refractivity contribution in [2.24, 2.45) is 5.92 Å². The van der Waals surface area contributed by atoms with Crippen LogP contribution >= 0.6 is 0 Å². The molecule has 0 bridgehead atoms. The Kier molecular flexibility index (Phi) is 4.59. The van der Waals surface area contributed by atoms with Crippen LogP contribution in [0.2, 0.25) is 0 Å². The van der Waals surface area contributed by atoms with Crippen LogP contribution in [0.15, 0.2) is 12.1 Å². The van der Waals surface area contributed by atoms with Crippen molar-refractivity contribution in [3.05, 3.63) is 17.7 Å². The number of nitrogens with zero attached hydrogens (tertiary/aromatic N) is 1. The smallest absolute Gasteiger partial charge is 0.223 e. The lowest BCUT2D eigenvalue weighted by Crippen LogP contribution is -2.27. The lowest BCUT2D eigenvalue weighted by Gasteiger charge is -2.17. The Morgan fingerprint density at radius 2 is 2.00 bits per heavy atom. The van der Waals surface area contributed by atoms with E-state index in [0.717, 1.165) is 5.56 Å². The summed E-state index contributed by atoms with van der Waals surface area (Å²) >= 11 is 0. The van der Waals surface area contributed by atoms with Gasteiger partial charge in [0.25, 0.3) is 0 Å². The molecule has 1 aromatic carbocycles. The summed E-state index contributed by atoms with van der Waals surface area (Å²) in [5.41, 5.74) is 0.929. The van der Waals surface area contributed by atoms with Crippen molar-refractivity contribution < 1.29 is 19.4 Å². The summed E-state index contributed by atoms with van der Waals surface area (Å²) in [6.07, 6.45) is 6.45. The second-order valence-electron chi connectivity index (χ2n) is 5.01. The number of phenols is 1. The number of hydrogen-bond acceptors (Lipinski definition) is 4. The van der Waals surface area contributed by atoms with Gasteiger partial charge in [0.1, 0.15) is 0 Å². The van der Waals surface area contributed by atoms with Gasteiger partial charge in [0, 0.05) is 25.4 Å². The Hall–Kier alpha value is -2.35. The van der Waals surface area contributed by atoms with Crippen LogP contribution in [0.3, 0.4) is 0 Å². The van der Waals surface area contributed by atoms with Crippen LogP contribution < -0.4 is 9.47 Å². The van der Waals surface area contributed by atoms with Crippen LogP contribution in [0.5, 0.6) is 17.2 Å². The van der Waals surface area contributed by atoms with E-state index in [9.17, 15) is 9.90 Å². The maximum absolute atomic E-state index is 11.8. The first-order valence-electron chi connectivity index (χ1n) is 6.76. The van der Waals surface area contributed by atoms with Crippen molar-refractivity contribution in [3.63, 3.8) is 0 Å². The molecule has 2 rings (SSSR count). The number of ether oxygens (including phenoxy) is 2. The molecule has 0 aliphatic carbocycles. The van der Waals surface area contributed by atoms with E-state index < -0.39 is 0 Å². The summed E-state index contributed by atoms with van der Waals surface area (Å²) in [5, 5.41) is 9.87. The largest absolute Gasteiger partial charge is 0.502 e. The Bertz CT molecular complexity index is 551. The molecule has 1 aliphatic heterocycles. The molecule has 21 heavy (non-hydrogen) atoms. The summed E-state index contributed by atoms with van der Waals surface area (Å²) in [5.74, 6) is 3.44. The molecule has 1 amide bonds. The summed E-state index contributed by atoms with van der Waals surface area (Å²) in [4.78, 5) is 13.6. The van der Waals surface area contributed by atoms with Crippen molar-refractivity contribution in [1.29, 1.82) is 0 Å². The molecule has 112 valence electrons. The number of rotatable bonds is 5. The molecule has 1 saturated heterocycles. The van der Waals surface area contributed by atoms with Crippen molar-refractivity contribution in [2.75, 3.05) is 27.3 Å². The van der Waals surface area contributed by atoms with Crippen LogP contribution in [0.1, 0.15) is 12.0 Å². The fraction of sp³-hybridized carbons (Fsp3) is 0.438. The standard InChI is InChI=1S/C16H19NO4/c1-4-11-9-15(18)17(10-11)6-5-12-7-13(20-2)16(19)14(8-12)21-3/h1,7-8,11,19H,5-6,9-10H2,2-3H3. The SMILES string of the molecule is C#CC1CC(=O)N(CCc2cc(OC)c(O)c(OC)c2)C1. The average Bonchev–Trinajstić information content (AvgIpc) is 2.86. The molecule has 1 aliphatic rings. The number of amides is 1. The third-order valence-electron chi connectivity index (χ3n) is 3.66. The van der Waals surface area contributed by atoms with Gasteiger partial charge in [-0.2, -0.15) is 0 Å². The van der Waals surface area contributed by atoms with E-state index >= 15 is 0 Å². The van der Waals surface area contributed by atoms with Crippen molar-refractivity contribution >= 4 is 5.91 Å². The quantitative estimate of drug-likeness (QED) is 0.833. The maximum Gasteiger partial charge on any atom is 0.223 e. The van der Waals surface area contributed by atoms with Crippen LogP contribution in [0.4, 0.5) is 0 Å². The van der Waals surface area contributed by atoms with Crippen LogP contribution in [0.25, 0.3) is 0 Å². The zero-order chi connectivity index (χ0) is 15.4. The Labute approximate surface area is 124 Å². The molecule has 1 unspecified atom stereocenters. The molecule has 5 heteroatoms. The first-order chi connectivity index (χ1) is 10.1.